The van der Waals surface area contributed by atoms with Gasteiger partial charge >= 0.3 is 0 Å². The number of hydrogen-bond donors (Lipinski definition) is 3. The first-order chi connectivity index (χ1) is 14.5. The van der Waals surface area contributed by atoms with Crippen LogP contribution in [-0.2, 0) is 4.79 Å². The number of aromatic nitrogens is 2. The monoisotopic (exact) mass is 411 g/mol. The van der Waals surface area contributed by atoms with E-state index in [1.165, 1.54) is 0 Å². The highest BCUT2D eigenvalue weighted by atomic mass is 19.1. The number of carbonyl (C=O) groups excluding carboxylic acids is 1. The number of piperidine rings is 1. The SMILES string of the molecule is CN(c1cnc(-c2ccc([C@H]3CNC(=O)C3)cc2O)cn1)[C@H]1C[C@@H]2CC[C@@H](N2)[C@H]1F. The van der Waals surface area contributed by atoms with Crippen LogP contribution >= 0.6 is 0 Å². The van der Waals surface area contributed by atoms with E-state index >= 15 is 0 Å². The van der Waals surface area contributed by atoms with E-state index in [0.29, 0.717) is 36.1 Å². The van der Waals surface area contributed by atoms with Gasteiger partial charge in [-0.05, 0) is 37.0 Å². The minimum atomic E-state index is -0.927. The van der Waals surface area contributed by atoms with Crippen LogP contribution in [0.2, 0.25) is 0 Å². The fourth-order valence-electron chi connectivity index (χ4n) is 5.02. The van der Waals surface area contributed by atoms with Crippen molar-refractivity contribution >= 4 is 11.7 Å². The molecular weight excluding hydrogens is 385 g/mol. The quantitative estimate of drug-likeness (QED) is 0.714. The van der Waals surface area contributed by atoms with Crippen LogP contribution in [0.25, 0.3) is 11.3 Å². The molecule has 0 unspecified atom stereocenters. The summed E-state index contributed by atoms with van der Waals surface area (Å²) in [5.41, 5.74) is 2.06. The second-order valence-corrected chi connectivity index (χ2v) is 8.65. The van der Waals surface area contributed by atoms with Gasteiger partial charge in [-0.1, -0.05) is 6.07 Å². The summed E-state index contributed by atoms with van der Waals surface area (Å²) in [5.74, 6) is 0.847. The summed E-state index contributed by atoms with van der Waals surface area (Å²) in [5, 5.41) is 16.7. The standard InChI is InChI=1S/C22H26FN5O2/c1-28(18-8-14-3-5-16(27-14)22(18)23)20-11-24-17(10-25-20)15-4-2-12(6-19(15)29)13-7-21(30)26-9-13/h2,4,6,10-11,13-14,16,18,22,27,29H,3,5,7-9H2,1H3,(H,26,30)/t13-,14+,16-,18+,22-/m1/s1. The molecule has 3 fully saturated rings. The van der Waals surface area contributed by atoms with Gasteiger partial charge in [0.05, 0.1) is 24.1 Å². The minimum absolute atomic E-state index is 0.0337. The van der Waals surface area contributed by atoms with Crippen LogP contribution in [-0.4, -0.2) is 58.9 Å². The van der Waals surface area contributed by atoms with Gasteiger partial charge in [0.25, 0.3) is 0 Å². The maximum atomic E-state index is 14.9. The highest BCUT2D eigenvalue weighted by Gasteiger charge is 2.43. The Balaban J connectivity index is 1.33. The number of nitrogens with one attached hydrogen (secondary N) is 2. The number of fused-ring (bicyclic) bond motifs is 2. The Kier molecular flexibility index (Phi) is 4.81. The fraction of sp³-hybridized carbons (Fsp3) is 0.500. The number of anilines is 1. The van der Waals surface area contributed by atoms with Crippen molar-refractivity contribution in [3.8, 4) is 17.0 Å². The highest BCUT2D eigenvalue weighted by molar-refractivity contribution is 5.79. The van der Waals surface area contributed by atoms with Gasteiger partial charge in [-0.15, -0.1) is 0 Å². The summed E-state index contributed by atoms with van der Waals surface area (Å²) in [4.78, 5) is 22.3. The van der Waals surface area contributed by atoms with Gasteiger partial charge in [-0.25, -0.2) is 9.37 Å². The summed E-state index contributed by atoms with van der Waals surface area (Å²) in [6.07, 6.45) is 5.44. The summed E-state index contributed by atoms with van der Waals surface area (Å²) < 4.78 is 14.9. The zero-order valence-electron chi connectivity index (χ0n) is 16.9. The van der Waals surface area contributed by atoms with Crippen LogP contribution < -0.4 is 15.5 Å². The number of alkyl halides is 1. The van der Waals surface area contributed by atoms with Gasteiger partial charge in [0.15, 0.2) is 0 Å². The van der Waals surface area contributed by atoms with Crippen LogP contribution in [0.15, 0.2) is 30.6 Å². The first-order valence-corrected chi connectivity index (χ1v) is 10.5. The number of benzene rings is 1. The van der Waals surface area contributed by atoms with E-state index in [1.54, 1.807) is 18.5 Å². The van der Waals surface area contributed by atoms with Crippen molar-refractivity contribution in [2.75, 3.05) is 18.5 Å². The number of carbonyl (C=O) groups is 1. The molecule has 4 heterocycles. The average molecular weight is 411 g/mol. The van der Waals surface area contributed by atoms with Gasteiger partial charge in [0, 0.05) is 43.6 Å². The lowest BCUT2D eigenvalue weighted by atomic mass is 9.96. The Morgan fingerprint density at radius 2 is 2.10 bits per heavy atom. The number of hydrogen-bond acceptors (Lipinski definition) is 6. The molecule has 3 aliphatic heterocycles. The molecule has 5 atom stereocenters. The molecule has 1 amide bonds. The van der Waals surface area contributed by atoms with Crippen LogP contribution in [0.5, 0.6) is 5.75 Å². The Morgan fingerprint density at radius 1 is 1.23 bits per heavy atom. The van der Waals surface area contributed by atoms with E-state index in [2.05, 4.69) is 20.6 Å². The van der Waals surface area contributed by atoms with Crippen molar-refractivity contribution in [3.63, 3.8) is 0 Å². The van der Waals surface area contributed by atoms with E-state index in [1.807, 2.05) is 24.1 Å². The molecule has 3 saturated heterocycles. The zero-order valence-corrected chi connectivity index (χ0v) is 16.9. The maximum absolute atomic E-state index is 14.9. The Morgan fingerprint density at radius 3 is 2.80 bits per heavy atom. The number of aromatic hydroxyl groups is 1. The molecular formula is C22H26FN5O2. The molecule has 0 saturated carbocycles. The van der Waals surface area contributed by atoms with E-state index in [9.17, 15) is 14.3 Å². The van der Waals surface area contributed by atoms with Crippen molar-refractivity contribution in [1.29, 1.82) is 0 Å². The zero-order chi connectivity index (χ0) is 20.8. The van der Waals surface area contributed by atoms with Crippen molar-refractivity contribution in [2.24, 2.45) is 0 Å². The molecule has 2 aromatic rings. The average Bonchev–Trinajstić information content (AvgIpc) is 3.37. The third-order valence-corrected chi connectivity index (χ3v) is 6.80. The van der Waals surface area contributed by atoms with Gasteiger partial charge in [0.2, 0.25) is 5.91 Å². The van der Waals surface area contributed by atoms with Crippen molar-refractivity contribution in [1.82, 2.24) is 20.6 Å². The molecule has 1 aromatic carbocycles. The number of amides is 1. The Hall–Kier alpha value is -2.74. The second kappa shape index (κ2) is 7.50. The molecule has 2 bridgehead atoms. The molecule has 3 aliphatic rings. The van der Waals surface area contributed by atoms with Crippen molar-refractivity contribution in [3.05, 3.63) is 36.2 Å². The Labute approximate surface area is 174 Å². The number of phenols is 1. The predicted molar refractivity (Wildman–Crippen MR) is 111 cm³/mol. The first-order valence-electron chi connectivity index (χ1n) is 10.5. The highest BCUT2D eigenvalue weighted by Crippen LogP contribution is 2.35. The molecule has 3 N–H and O–H groups in total. The molecule has 0 spiro atoms. The van der Waals surface area contributed by atoms with Gasteiger partial charge in [-0.2, -0.15) is 0 Å². The smallest absolute Gasteiger partial charge is 0.220 e. The Bertz CT molecular complexity index is 953. The third-order valence-electron chi connectivity index (χ3n) is 6.80. The number of rotatable bonds is 4. The number of nitrogens with zero attached hydrogens (tertiary/aromatic N) is 3. The molecule has 0 radical (unpaired) electrons. The molecule has 158 valence electrons. The largest absolute Gasteiger partial charge is 0.507 e. The number of phenolic OH excluding ortho intramolecular Hbond substituents is 1. The molecule has 5 rings (SSSR count). The lowest BCUT2D eigenvalue weighted by Crippen LogP contribution is -2.55. The van der Waals surface area contributed by atoms with Crippen molar-refractivity contribution in [2.45, 2.75) is 55.9 Å². The minimum Gasteiger partial charge on any atom is -0.507 e. The van der Waals surface area contributed by atoms with E-state index in [4.69, 9.17) is 0 Å². The molecule has 1 aromatic heterocycles. The van der Waals surface area contributed by atoms with Crippen LogP contribution in [0.4, 0.5) is 10.2 Å². The van der Waals surface area contributed by atoms with E-state index < -0.39 is 6.17 Å². The third kappa shape index (κ3) is 3.39. The molecule has 7 nitrogen and oxygen atoms in total. The van der Waals surface area contributed by atoms with Crippen LogP contribution in [0, 0.1) is 0 Å². The second-order valence-electron chi connectivity index (χ2n) is 8.65. The van der Waals surface area contributed by atoms with Gasteiger partial charge < -0.3 is 20.6 Å². The van der Waals surface area contributed by atoms with E-state index in [-0.39, 0.29) is 29.7 Å². The molecule has 8 heteroatoms. The normalized spacial score (nSPS) is 30.3. The molecule has 30 heavy (non-hydrogen) atoms. The lowest BCUT2D eigenvalue weighted by molar-refractivity contribution is -0.119. The maximum Gasteiger partial charge on any atom is 0.220 e. The summed E-state index contributed by atoms with van der Waals surface area (Å²) in [6.45, 7) is 0.590. The van der Waals surface area contributed by atoms with Crippen molar-refractivity contribution < 1.29 is 14.3 Å². The lowest BCUT2D eigenvalue weighted by Gasteiger charge is -2.38. The predicted octanol–water partition coefficient (Wildman–Crippen LogP) is 2.12. The fourth-order valence-corrected chi connectivity index (χ4v) is 5.02. The van der Waals surface area contributed by atoms with Gasteiger partial charge in [0.1, 0.15) is 17.7 Å². The topological polar surface area (TPSA) is 90.4 Å². The summed E-state index contributed by atoms with van der Waals surface area (Å²) in [7, 11) is 1.87. The molecule has 0 aliphatic carbocycles. The van der Waals surface area contributed by atoms with Gasteiger partial charge in [-0.3, -0.25) is 9.78 Å². The summed E-state index contributed by atoms with van der Waals surface area (Å²) >= 11 is 0. The first kappa shape index (κ1) is 19.2. The van der Waals surface area contributed by atoms with E-state index in [0.717, 1.165) is 24.8 Å². The number of halogens is 1. The van der Waals surface area contributed by atoms with Crippen LogP contribution in [0.3, 0.4) is 0 Å². The van der Waals surface area contributed by atoms with Crippen LogP contribution in [0.1, 0.15) is 37.2 Å². The summed E-state index contributed by atoms with van der Waals surface area (Å²) in [6, 6.07) is 5.52.